The Bertz CT molecular complexity index is 713. The molecule has 0 saturated carbocycles. The molecule has 1 amide bonds. The molecule has 1 aromatic carbocycles. The molecule has 0 aliphatic heterocycles. The van der Waals surface area contributed by atoms with E-state index in [2.05, 4.69) is 5.32 Å². The summed E-state index contributed by atoms with van der Waals surface area (Å²) in [7, 11) is 0. The number of hydrogen-bond acceptors (Lipinski definition) is 5. The number of carbonyl (C=O) groups is 3. The fourth-order valence-electron chi connectivity index (χ4n) is 2.04. The van der Waals surface area contributed by atoms with Gasteiger partial charge in [0, 0.05) is 16.5 Å². The average molecular weight is 349 g/mol. The van der Waals surface area contributed by atoms with Gasteiger partial charge in [-0.25, -0.2) is 4.39 Å². The molecule has 24 heavy (non-hydrogen) atoms. The Hall–Kier alpha value is -2.54. The third kappa shape index (κ3) is 4.73. The van der Waals surface area contributed by atoms with Crippen molar-refractivity contribution in [3.63, 3.8) is 0 Å². The van der Waals surface area contributed by atoms with Gasteiger partial charge < -0.3 is 10.1 Å². The maximum Gasteiger partial charge on any atom is 0.308 e. The van der Waals surface area contributed by atoms with Crippen molar-refractivity contribution in [1.82, 2.24) is 5.32 Å². The summed E-state index contributed by atoms with van der Waals surface area (Å²) >= 11 is 1.34. The SMILES string of the molecule is CCOC(=O)CC(NC(=O)c1ccc(F)cc1)C(=O)c1ccsc1. The van der Waals surface area contributed by atoms with Crippen LogP contribution in [0.5, 0.6) is 0 Å². The first-order valence-electron chi connectivity index (χ1n) is 7.29. The summed E-state index contributed by atoms with van der Waals surface area (Å²) < 4.78 is 17.8. The molecule has 126 valence electrons. The molecule has 1 N–H and O–H groups in total. The molecule has 1 heterocycles. The summed E-state index contributed by atoms with van der Waals surface area (Å²) in [5.41, 5.74) is 0.608. The van der Waals surface area contributed by atoms with Crippen LogP contribution in [0.3, 0.4) is 0 Å². The van der Waals surface area contributed by atoms with E-state index in [4.69, 9.17) is 4.74 Å². The summed E-state index contributed by atoms with van der Waals surface area (Å²) in [4.78, 5) is 36.5. The third-order valence-electron chi connectivity index (χ3n) is 3.21. The Morgan fingerprint density at radius 2 is 1.88 bits per heavy atom. The van der Waals surface area contributed by atoms with Crippen molar-refractivity contribution >= 4 is 29.0 Å². The zero-order chi connectivity index (χ0) is 17.5. The van der Waals surface area contributed by atoms with Gasteiger partial charge >= 0.3 is 5.97 Å². The van der Waals surface area contributed by atoms with Crippen molar-refractivity contribution in [2.45, 2.75) is 19.4 Å². The van der Waals surface area contributed by atoms with Crippen LogP contribution in [0.4, 0.5) is 4.39 Å². The van der Waals surface area contributed by atoms with Gasteiger partial charge in [0.05, 0.1) is 13.0 Å². The van der Waals surface area contributed by atoms with Crippen LogP contribution in [0, 0.1) is 5.82 Å². The number of amides is 1. The Labute approximate surface area is 142 Å². The molecule has 0 spiro atoms. The molecule has 0 aliphatic rings. The highest BCUT2D eigenvalue weighted by atomic mass is 32.1. The molecular weight excluding hydrogens is 333 g/mol. The van der Waals surface area contributed by atoms with E-state index in [0.29, 0.717) is 5.56 Å². The topological polar surface area (TPSA) is 72.5 Å². The monoisotopic (exact) mass is 349 g/mol. The van der Waals surface area contributed by atoms with Gasteiger partial charge in [-0.05, 0) is 42.6 Å². The first-order chi connectivity index (χ1) is 11.5. The van der Waals surface area contributed by atoms with Crippen LogP contribution in [-0.2, 0) is 9.53 Å². The Kier molecular flexibility index (Phi) is 6.20. The molecule has 0 saturated heterocycles. The van der Waals surface area contributed by atoms with E-state index in [1.165, 1.54) is 23.5 Å². The van der Waals surface area contributed by atoms with E-state index >= 15 is 0 Å². The third-order valence-corrected chi connectivity index (χ3v) is 3.89. The Balaban J connectivity index is 2.15. The van der Waals surface area contributed by atoms with E-state index in [1.807, 2.05) is 0 Å². The number of ketones is 1. The molecular formula is C17H16FNO4S. The highest BCUT2D eigenvalue weighted by molar-refractivity contribution is 7.08. The summed E-state index contributed by atoms with van der Waals surface area (Å²) in [5, 5.41) is 5.90. The highest BCUT2D eigenvalue weighted by Crippen LogP contribution is 2.12. The van der Waals surface area contributed by atoms with Gasteiger partial charge in [0.25, 0.3) is 5.91 Å². The molecule has 2 aromatic rings. The number of Topliss-reactive ketones (excluding diaryl/α,β-unsaturated/α-hetero) is 1. The van der Waals surface area contributed by atoms with Gasteiger partial charge in [0.1, 0.15) is 11.9 Å². The maximum absolute atomic E-state index is 12.9. The molecule has 5 nitrogen and oxygen atoms in total. The summed E-state index contributed by atoms with van der Waals surface area (Å²) in [6.07, 6.45) is -0.268. The molecule has 2 rings (SSSR count). The minimum Gasteiger partial charge on any atom is -0.466 e. The molecule has 1 aromatic heterocycles. The first kappa shape index (κ1) is 17.8. The van der Waals surface area contributed by atoms with Crippen LogP contribution in [0.2, 0.25) is 0 Å². The molecule has 0 radical (unpaired) electrons. The van der Waals surface area contributed by atoms with E-state index in [-0.39, 0.29) is 24.4 Å². The predicted molar refractivity (Wildman–Crippen MR) is 87.6 cm³/mol. The van der Waals surface area contributed by atoms with Gasteiger partial charge in [-0.1, -0.05) is 0 Å². The van der Waals surface area contributed by atoms with Crippen molar-refractivity contribution < 1.29 is 23.5 Å². The van der Waals surface area contributed by atoms with Crippen LogP contribution in [0.1, 0.15) is 34.1 Å². The van der Waals surface area contributed by atoms with Gasteiger partial charge in [0.15, 0.2) is 5.78 Å². The second-order valence-electron chi connectivity index (χ2n) is 4.92. The second kappa shape index (κ2) is 8.35. The lowest BCUT2D eigenvalue weighted by atomic mass is 10.0. The summed E-state index contributed by atoms with van der Waals surface area (Å²) in [6.45, 7) is 1.84. The smallest absolute Gasteiger partial charge is 0.308 e. The van der Waals surface area contributed by atoms with Crippen LogP contribution in [0.25, 0.3) is 0 Å². The molecule has 0 bridgehead atoms. The van der Waals surface area contributed by atoms with Crippen molar-refractivity contribution in [2.75, 3.05) is 6.61 Å². The number of nitrogens with one attached hydrogen (secondary N) is 1. The van der Waals surface area contributed by atoms with E-state index in [9.17, 15) is 18.8 Å². The standard InChI is InChI=1S/C17H16FNO4S/c1-2-23-15(20)9-14(16(21)12-7-8-24-10-12)19-17(22)11-3-5-13(18)6-4-11/h3-8,10,14H,2,9H2,1H3,(H,19,22). The number of esters is 1. The lowest BCUT2D eigenvalue weighted by Crippen LogP contribution is -2.42. The Morgan fingerprint density at radius 3 is 2.46 bits per heavy atom. The quantitative estimate of drug-likeness (QED) is 0.616. The number of benzene rings is 1. The summed E-state index contributed by atoms with van der Waals surface area (Å²) in [5.74, 6) is -1.98. The van der Waals surface area contributed by atoms with Crippen LogP contribution >= 0.6 is 11.3 Å². The minimum absolute atomic E-state index is 0.185. The van der Waals surface area contributed by atoms with Crippen molar-refractivity contribution in [2.24, 2.45) is 0 Å². The Morgan fingerprint density at radius 1 is 1.17 bits per heavy atom. The van der Waals surface area contributed by atoms with Gasteiger partial charge in [-0.15, -0.1) is 0 Å². The molecule has 1 atom stereocenters. The number of ether oxygens (including phenoxy) is 1. The largest absolute Gasteiger partial charge is 0.466 e. The number of thiophene rings is 1. The lowest BCUT2D eigenvalue weighted by molar-refractivity contribution is -0.143. The van der Waals surface area contributed by atoms with Crippen molar-refractivity contribution in [3.8, 4) is 0 Å². The van der Waals surface area contributed by atoms with Crippen LogP contribution < -0.4 is 5.32 Å². The molecule has 1 unspecified atom stereocenters. The number of carbonyl (C=O) groups excluding carboxylic acids is 3. The molecule has 0 fully saturated rings. The van der Waals surface area contributed by atoms with Crippen molar-refractivity contribution in [1.29, 1.82) is 0 Å². The second-order valence-corrected chi connectivity index (χ2v) is 5.70. The minimum atomic E-state index is -1.05. The zero-order valence-corrected chi connectivity index (χ0v) is 13.8. The lowest BCUT2D eigenvalue weighted by Gasteiger charge is -2.16. The summed E-state index contributed by atoms with van der Waals surface area (Å²) in [6, 6.07) is 5.49. The average Bonchev–Trinajstić information content (AvgIpc) is 3.08. The molecule has 0 aliphatic carbocycles. The normalized spacial score (nSPS) is 11.6. The fourth-order valence-corrected chi connectivity index (χ4v) is 2.69. The van der Waals surface area contributed by atoms with Gasteiger partial charge in [-0.2, -0.15) is 11.3 Å². The van der Waals surface area contributed by atoms with Gasteiger partial charge in [0.2, 0.25) is 0 Å². The number of rotatable bonds is 7. The fraction of sp³-hybridized carbons (Fsp3) is 0.235. The molecule has 7 heteroatoms. The maximum atomic E-state index is 12.9. The number of halogens is 1. The zero-order valence-electron chi connectivity index (χ0n) is 13.0. The van der Waals surface area contributed by atoms with Crippen LogP contribution in [0.15, 0.2) is 41.1 Å². The predicted octanol–water partition coefficient (Wildman–Crippen LogP) is 2.82. The van der Waals surface area contributed by atoms with Crippen LogP contribution in [-0.4, -0.2) is 30.3 Å². The van der Waals surface area contributed by atoms with E-state index in [0.717, 1.165) is 12.1 Å². The van der Waals surface area contributed by atoms with E-state index < -0.39 is 23.7 Å². The first-order valence-corrected chi connectivity index (χ1v) is 8.24. The number of hydrogen-bond donors (Lipinski definition) is 1. The van der Waals surface area contributed by atoms with Crippen molar-refractivity contribution in [3.05, 3.63) is 58.0 Å². The van der Waals surface area contributed by atoms with Gasteiger partial charge in [-0.3, -0.25) is 14.4 Å². The highest BCUT2D eigenvalue weighted by Gasteiger charge is 2.26. The van der Waals surface area contributed by atoms with E-state index in [1.54, 1.807) is 23.8 Å².